The van der Waals surface area contributed by atoms with E-state index in [0.717, 1.165) is 11.1 Å². The summed E-state index contributed by atoms with van der Waals surface area (Å²) in [5.74, 6) is -1.58. The molecule has 0 heterocycles. The second kappa shape index (κ2) is 7.73. The molecule has 0 aliphatic carbocycles. The number of rotatable bonds is 4. The third-order valence-electron chi connectivity index (χ3n) is 3.18. The lowest BCUT2D eigenvalue weighted by molar-refractivity contribution is -0.136. The van der Waals surface area contributed by atoms with Gasteiger partial charge < -0.3 is 16.4 Å². The maximum absolute atomic E-state index is 11.9. The molecule has 0 atom stereocenters. The van der Waals surface area contributed by atoms with Gasteiger partial charge in [-0.2, -0.15) is 5.26 Å². The molecular weight excluding hydrogens is 292 g/mol. The number of anilines is 1. The van der Waals surface area contributed by atoms with Crippen LogP contribution in [0.5, 0.6) is 0 Å². The van der Waals surface area contributed by atoms with Crippen molar-refractivity contribution in [3.05, 3.63) is 65.2 Å². The Morgan fingerprint density at radius 3 is 2.52 bits per heavy atom. The van der Waals surface area contributed by atoms with Crippen molar-refractivity contribution < 1.29 is 9.59 Å². The lowest BCUT2D eigenvalue weighted by Crippen LogP contribution is -2.35. The zero-order chi connectivity index (χ0) is 16.7. The standard InChI is InChI=1S/C17H16N4O2/c18-9-12-4-3-5-13(8-12)11-20-16(22)17(23)21-15-7-2-1-6-14(15)10-19/h1-8H,9,11,18H2,(H,20,22)(H,21,23). The maximum Gasteiger partial charge on any atom is 0.313 e. The molecule has 2 rings (SSSR count). The van der Waals surface area contributed by atoms with Gasteiger partial charge in [0, 0.05) is 13.1 Å². The van der Waals surface area contributed by atoms with Crippen molar-refractivity contribution >= 4 is 17.5 Å². The first kappa shape index (κ1) is 16.2. The molecule has 0 aliphatic rings. The molecule has 0 bridgehead atoms. The number of benzene rings is 2. The lowest BCUT2D eigenvalue weighted by Gasteiger charge is -2.08. The van der Waals surface area contributed by atoms with Gasteiger partial charge in [0.15, 0.2) is 0 Å². The predicted molar refractivity (Wildman–Crippen MR) is 86.0 cm³/mol. The molecule has 6 heteroatoms. The van der Waals surface area contributed by atoms with Gasteiger partial charge >= 0.3 is 11.8 Å². The fraction of sp³-hybridized carbons (Fsp3) is 0.118. The fourth-order valence-corrected chi connectivity index (χ4v) is 2.00. The summed E-state index contributed by atoms with van der Waals surface area (Å²) in [6.07, 6.45) is 0. The normalized spacial score (nSPS) is 9.74. The molecule has 0 saturated heterocycles. The molecule has 116 valence electrons. The lowest BCUT2D eigenvalue weighted by atomic mass is 10.1. The number of nitriles is 1. The second-order valence-electron chi connectivity index (χ2n) is 4.82. The van der Waals surface area contributed by atoms with Gasteiger partial charge in [-0.15, -0.1) is 0 Å². The van der Waals surface area contributed by atoms with Gasteiger partial charge in [0.25, 0.3) is 0 Å². The van der Waals surface area contributed by atoms with Crippen molar-refractivity contribution in [2.45, 2.75) is 13.1 Å². The van der Waals surface area contributed by atoms with Crippen LogP contribution in [0.25, 0.3) is 0 Å². The van der Waals surface area contributed by atoms with E-state index in [0.29, 0.717) is 17.8 Å². The molecule has 0 saturated carbocycles. The molecule has 4 N–H and O–H groups in total. The summed E-state index contributed by atoms with van der Waals surface area (Å²) in [4.78, 5) is 23.7. The first-order valence-corrected chi connectivity index (χ1v) is 7.00. The van der Waals surface area contributed by atoms with Crippen molar-refractivity contribution in [2.24, 2.45) is 5.73 Å². The van der Waals surface area contributed by atoms with Crippen LogP contribution in [0.1, 0.15) is 16.7 Å². The number of para-hydroxylation sites is 1. The summed E-state index contributed by atoms with van der Waals surface area (Å²) in [5.41, 5.74) is 7.96. The maximum atomic E-state index is 11.9. The number of nitrogens with two attached hydrogens (primary N) is 1. The highest BCUT2D eigenvalue weighted by atomic mass is 16.2. The van der Waals surface area contributed by atoms with Gasteiger partial charge in [0.2, 0.25) is 0 Å². The molecule has 6 nitrogen and oxygen atoms in total. The summed E-state index contributed by atoms with van der Waals surface area (Å²) in [5, 5.41) is 13.9. The fourth-order valence-electron chi connectivity index (χ4n) is 2.00. The van der Waals surface area contributed by atoms with E-state index >= 15 is 0 Å². The van der Waals surface area contributed by atoms with E-state index < -0.39 is 11.8 Å². The Morgan fingerprint density at radius 2 is 1.78 bits per heavy atom. The first-order valence-electron chi connectivity index (χ1n) is 7.00. The highest BCUT2D eigenvalue weighted by molar-refractivity contribution is 6.39. The van der Waals surface area contributed by atoms with Crippen LogP contribution in [0, 0.1) is 11.3 Å². The summed E-state index contributed by atoms with van der Waals surface area (Å²) in [7, 11) is 0. The van der Waals surface area contributed by atoms with Gasteiger partial charge in [-0.25, -0.2) is 0 Å². The van der Waals surface area contributed by atoms with E-state index in [-0.39, 0.29) is 6.54 Å². The van der Waals surface area contributed by atoms with Crippen LogP contribution < -0.4 is 16.4 Å². The predicted octanol–water partition coefficient (Wildman–Crippen LogP) is 1.27. The van der Waals surface area contributed by atoms with Gasteiger partial charge in [0.1, 0.15) is 6.07 Å². The van der Waals surface area contributed by atoms with Gasteiger partial charge in [-0.3, -0.25) is 9.59 Å². The van der Waals surface area contributed by atoms with Gasteiger partial charge in [-0.05, 0) is 23.3 Å². The molecule has 2 amide bonds. The molecular formula is C17H16N4O2. The minimum absolute atomic E-state index is 0.222. The van der Waals surface area contributed by atoms with Crippen molar-refractivity contribution in [2.75, 3.05) is 5.32 Å². The minimum atomic E-state index is -0.817. The van der Waals surface area contributed by atoms with E-state index in [1.54, 1.807) is 24.3 Å². The van der Waals surface area contributed by atoms with E-state index in [1.807, 2.05) is 30.3 Å². The zero-order valence-corrected chi connectivity index (χ0v) is 12.4. The molecule has 0 aliphatic heterocycles. The molecule has 2 aromatic carbocycles. The van der Waals surface area contributed by atoms with E-state index in [1.165, 1.54) is 0 Å². The van der Waals surface area contributed by atoms with Crippen molar-refractivity contribution in [3.63, 3.8) is 0 Å². The molecule has 23 heavy (non-hydrogen) atoms. The van der Waals surface area contributed by atoms with Crippen LogP contribution >= 0.6 is 0 Å². The topological polar surface area (TPSA) is 108 Å². The Kier molecular flexibility index (Phi) is 5.45. The molecule has 0 radical (unpaired) electrons. The second-order valence-corrected chi connectivity index (χ2v) is 4.82. The Morgan fingerprint density at radius 1 is 1.04 bits per heavy atom. The van der Waals surface area contributed by atoms with Crippen molar-refractivity contribution in [1.82, 2.24) is 5.32 Å². The van der Waals surface area contributed by atoms with Crippen LogP contribution in [0.15, 0.2) is 48.5 Å². The van der Waals surface area contributed by atoms with Crippen LogP contribution in [-0.2, 0) is 22.7 Å². The van der Waals surface area contributed by atoms with E-state index in [2.05, 4.69) is 10.6 Å². The summed E-state index contributed by atoms with van der Waals surface area (Å²) < 4.78 is 0. The number of hydrogen-bond donors (Lipinski definition) is 3. The number of hydrogen-bond acceptors (Lipinski definition) is 4. The number of amides is 2. The van der Waals surface area contributed by atoms with Crippen molar-refractivity contribution in [1.29, 1.82) is 5.26 Å². The molecule has 0 aromatic heterocycles. The number of nitrogens with one attached hydrogen (secondary N) is 2. The Balaban J connectivity index is 1.95. The van der Waals surface area contributed by atoms with Crippen LogP contribution in [0.4, 0.5) is 5.69 Å². The van der Waals surface area contributed by atoms with E-state index in [4.69, 9.17) is 11.0 Å². The first-order chi connectivity index (χ1) is 11.1. The SMILES string of the molecule is N#Cc1ccccc1NC(=O)C(=O)NCc1cccc(CN)c1. The van der Waals surface area contributed by atoms with Crippen LogP contribution in [-0.4, -0.2) is 11.8 Å². The van der Waals surface area contributed by atoms with Crippen LogP contribution in [0.2, 0.25) is 0 Å². The highest BCUT2D eigenvalue weighted by Crippen LogP contribution is 2.13. The number of carbonyl (C=O) groups excluding carboxylic acids is 2. The number of nitrogens with zero attached hydrogens (tertiary/aromatic N) is 1. The third kappa shape index (κ3) is 4.40. The zero-order valence-electron chi connectivity index (χ0n) is 12.4. The quantitative estimate of drug-likeness (QED) is 0.739. The minimum Gasteiger partial charge on any atom is -0.344 e. The van der Waals surface area contributed by atoms with Gasteiger partial charge in [0.05, 0.1) is 11.3 Å². The number of carbonyl (C=O) groups is 2. The summed E-state index contributed by atoms with van der Waals surface area (Å²) in [6.45, 7) is 0.632. The smallest absolute Gasteiger partial charge is 0.313 e. The summed E-state index contributed by atoms with van der Waals surface area (Å²) >= 11 is 0. The molecule has 0 spiro atoms. The molecule has 0 unspecified atom stereocenters. The highest BCUT2D eigenvalue weighted by Gasteiger charge is 2.14. The van der Waals surface area contributed by atoms with Gasteiger partial charge in [-0.1, -0.05) is 36.4 Å². The Hall–Kier alpha value is -3.17. The largest absolute Gasteiger partial charge is 0.344 e. The third-order valence-corrected chi connectivity index (χ3v) is 3.18. The molecule has 2 aromatic rings. The molecule has 0 fully saturated rings. The van der Waals surface area contributed by atoms with Crippen LogP contribution in [0.3, 0.4) is 0 Å². The Labute approximate surface area is 133 Å². The van der Waals surface area contributed by atoms with Crippen molar-refractivity contribution in [3.8, 4) is 6.07 Å². The van der Waals surface area contributed by atoms with E-state index in [9.17, 15) is 9.59 Å². The average Bonchev–Trinajstić information content (AvgIpc) is 2.60. The summed E-state index contributed by atoms with van der Waals surface area (Å²) in [6, 6.07) is 15.9. The average molecular weight is 308 g/mol. The monoisotopic (exact) mass is 308 g/mol. The Bertz CT molecular complexity index is 765.